The molecule has 1 aliphatic rings. The van der Waals surface area contributed by atoms with Crippen LogP contribution in [-0.4, -0.2) is 16.7 Å². The zero-order valence-electron chi connectivity index (χ0n) is 6.11. The summed E-state index contributed by atoms with van der Waals surface area (Å²) < 4.78 is 0. The van der Waals surface area contributed by atoms with E-state index in [1.807, 2.05) is 17.5 Å². The predicted octanol–water partition coefficient (Wildman–Crippen LogP) is 1.27. The Bertz CT molecular complexity index is 318. The summed E-state index contributed by atoms with van der Waals surface area (Å²) in [6.45, 7) is 0. The van der Waals surface area contributed by atoms with Crippen molar-refractivity contribution in [3.63, 3.8) is 0 Å². The minimum Gasteiger partial charge on any atom is -0.272 e. The molecule has 1 aromatic rings. The molecule has 1 amide bonds. The topological polar surface area (TPSA) is 41.5 Å². The maximum absolute atomic E-state index is 10.7. The second-order valence-electron chi connectivity index (χ2n) is 2.22. The van der Waals surface area contributed by atoms with Crippen LogP contribution in [0, 0.1) is 0 Å². The zero-order chi connectivity index (χ0) is 8.39. The van der Waals surface area contributed by atoms with Crippen LogP contribution in [0.25, 0.3) is 0 Å². The molecule has 5 heteroatoms. The van der Waals surface area contributed by atoms with Gasteiger partial charge in [-0.25, -0.2) is 5.43 Å². The quantitative estimate of drug-likeness (QED) is 0.738. The van der Waals surface area contributed by atoms with Gasteiger partial charge in [-0.1, -0.05) is 17.8 Å². The normalized spacial score (nSPS) is 17.0. The van der Waals surface area contributed by atoms with Crippen molar-refractivity contribution in [3.05, 3.63) is 22.4 Å². The van der Waals surface area contributed by atoms with Crippen molar-refractivity contribution >= 4 is 34.0 Å². The lowest BCUT2D eigenvalue weighted by Crippen LogP contribution is -2.26. The maximum atomic E-state index is 10.7. The van der Waals surface area contributed by atoms with Gasteiger partial charge in [0.05, 0.1) is 10.6 Å². The van der Waals surface area contributed by atoms with Gasteiger partial charge >= 0.3 is 0 Å². The van der Waals surface area contributed by atoms with Crippen molar-refractivity contribution in [1.29, 1.82) is 0 Å². The summed E-state index contributed by atoms with van der Waals surface area (Å²) >= 11 is 3.11. The van der Waals surface area contributed by atoms with Crippen molar-refractivity contribution in [2.24, 2.45) is 5.10 Å². The maximum Gasteiger partial charge on any atom is 0.250 e. The van der Waals surface area contributed by atoms with E-state index in [4.69, 9.17) is 0 Å². The molecule has 0 saturated heterocycles. The second kappa shape index (κ2) is 3.28. The van der Waals surface area contributed by atoms with Crippen LogP contribution in [0.2, 0.25) is 0 Å². The van der Waals surface area contributed by atoms with Crippen molar-refractivity contribution in [1.82, 2.24) is 5.43 Å². The smallest absolute Gasteiger partial charge is 0.250 e. The number of rotatable bonds is 1. The molecule has 0 saturated carbocycles. The Hall–Kier alpha value is -0.810. The molecule has 0 aromatic carbocycles. The van der Waals surface area contributed by atoms with Crippen LogP contribution in [0.5, 0.6) is 0 Å². The summed E-state index contributed by atoms with van der Waals surface area (Å²) in [4.78, 5) is 11.9. The van der Waals surface area contributed by atoms with E-state index in [1.165, 1.54) is 11.8 Å². The first kappa shape index (κ1) is 7.82. The molecule has 0 radical (unpaired) electrons. The van der Waals surface area contributed by atoms with Crippen LogP contribution in [0.15, 0.2) is 22.6 Å². The molecule has 1 N–H and O–H groups in total. The predicted molar refractivity (Wildman–Crippen MR) is 51.5 cm³/mol. The minimum absolute atomic E-state index is 0.0275. The monoisotopic (exact) mass is 198 g/mol. The fraction of sp³-hybridized carbons (Fsp3) is 0.143. The summed E-state index contributed by atoms with van der Waals surface area (Å²) in [6, 6.07) is 3.97. The van der Waals surface area contributed by atoms with Crippen molar-refractivity contribution in [2.45, 2.75) is 0 Å². The number of hydrogen-bond donors (Lipinski definition) is 1. The second-order valence-corrected chi connectivity index (χ2v) is 4.13. The fourth-order valence-electron chi connectivity index (χ4n) is 0.838. The number of hydrogen-bond acceptors (Lipinski definition) is 4. The highest BCUT2D eigenvalue weighted by atomic mass is 32.2. The van der Waals surface area contributed by atoms with Gasteiger partial charge in [0.1, 0.15) is 5.04 Å². The molecule has 0 atom stereocenters. The molecule has 3 nitrogen and oxygen atoms in total. The van der Waals surface area contributed by atoms with Gasteiger partial charge in [-0.3, -0.25) is 4.79 Å². The molecule has 2 heterocycles. The lowest BCUT2D eigenvalue weighted by atomic mass is 10.5. The number of thioether (sulfide) groups is 1. The summed E-state index contributed by atoms with van der Waals surface area (Å²) in [6.07, 6.45) is 0. The van der Waals surface area contributed by atoms with Crippen molar-refractivity contribution in [3.8, 4) is 0 Å². The largest absolute Gasteiger partial charge is 0.272 e. The lowest BCUT2D eigenvalue weighted by Gasteiger charge is -2.08. The van der Waals surface area contributed by atoms with Crippen molar-refractivity contribution < 1.29 is 4.79 Å². The van der Waals surface area contributed by atoms with Gasteiger partial charge in [0.2, 0.25) is 0 Å². The number of carbonyl (C=O) groups excluding carboxylic acids is 1. The Morgan fingerprint density at radius 1 is 1.58 bits per heavy atom. The zero-order valence-corrected chi connectivity index (χ0v) is 7.74. The van der Waals surface area contributed by atoms with Gasteiger partial charge in [-0.05, 0) is 11.4 Å². The number of thiophene rings is 1. The van der Waals surface area contributed by atoms with Gasteiger partial charge < -0.3 is 0 Å². The third-order valence-corrected chi connectivity index (χ3v) is 3.35. The Morgan fingerprint density at radius 2 is 2.50 bits per heavy atom. The van der Waals surface area contributed by atoms with E-state index in [0.29, 0.717) is 5.75 Å². The Labute approximate surface area is 77.9 Å². The van der Waals surface area contributed by atoms with E-state index in [9.17, 15) is 4.79 Å². The van der Waals surface area contributed by atoms with E-state index >= 15 is 0 Å². The van der Waals surface area contributed by atoms with Crippen LogP contribution >= 0.6 is 23.1 Å². The van der Waals surface area contributed by atoms with E-state index in [0.717, 1.165) is 9.92 Å². The molecule has 0 fully saturated rings. The molecular weight excluding hydrogens is 192 g/mol. The third-order valence-electron chi connectivity index (χ3n) is 1.35. The molecule has 62 valence electrons. The Kier molecular flexibility index (Phi) is 2.14. The van der Waals surface area contributed by atoms with Gasteiger partial charge in [0, 0.05) is 0 Å². The number of hydrazone groups is 1. The summed E-state index contributed by atoms with van der Waals surface area (Å²) in [5.74, 6) is 0.441. The van der Waals surface area contributed by atoms with E-state index in [-0.39, 0.29) is 5.91 Å². The highest BCUT2D eigenvalue weighted by Gasteiger charge is 2.13. The van der Waals surface area contributed by atoms with Crippen LogP contribution < -0.4 is 5.43 Å². The third kappa shape index (κ3) is 1.51. The van der Waals surface area contributed by atoms with Crippen LogP contribution in [0.3, 0.4) is 0 Å². The number of amides is 1. The first-order valence-corrected chi connectivity index (χ1v) is 5.26. The van der Waals surface area contributed by atoms with Crippen molar-refractivity contribution in [2.75, 3.05) is 5.75 Å². The van der Waals surface area contributed by atoms with Crippen LogP contribution in [-0.2, 0) is 4.79 Å². The highest BCUT2D eigenvalue weighted by molar-refractivity contribution is 8.15. The number of nitrogens with zero attached hydrogens (tertiary/aromatic N) is 1. The highest BCUT2D eigenvalue weighted by Crippen LogP contribution is 2.19. The lowest BCUT2D eigenvalue weighted by molar-refractivity contribution is -0.118. The van der Waals surface area contributed by atoms with Gasteiger partial charge in [0.25, 0.3) is 5.91 Å². The van der Waals surface area contributed by atoms with Gasteiger partial charge in [-0.15, -0.1) is 11.3 Å². The molecule has 0 aliphatic carbocycles. The first-order valence-electron chi connectivity index (χ1n) is 3.39. The van der Waals surface area contributed by atoms with Gasteiger partial charge in [-0.2, -0.15) is 5.10 Å². The Balaban J connectivity index is 2.21. The molecule has 1 aliphatic heterocycles. The summed E-state index contributed by atoms with van der Waals surface area (Å²) in [5.41, 5.74) is 2.46. The van der Waals surface area contributed by atoms with Crippen LogP contribution in [0.4, 0.5) is 0 Å². The van der Waals surface area contributed by atoms with E-state index in [1.54, 1.807) is 11.3 Å². The minimum atomic E-state index is -0.0275. The molecule has 2 rings (SSSR count). The number of nitrogens with one attached hydrogen (secondary N) is 1. The standard InChI is InChI=1S/C7H6N2OS2/c10-6-4-12-7(9-8-6)5-2-1-3-11-5/h1-3H,4H2,(H,8,10). The molecular formula is C7H6N2OS2. The summed E-state index contributed by atoms with van der Waals surface area (Å²) in [5, 5.41) is 6.85. The molecule has 0 unspecified atom stereocenters. The molecule has 0 spiro atoms. The summed E-state index contributed by atoms with van der Waals surface area (Å²) in [7, 11) is 0. The fourth-order valence-corrected chi connectivity index (χ4v) is 2.42. The van der Waals surface area contributed by atoms with Gasteiger partial charge in [0.15, 0.2) is 0 Å². The molecule has 1 aromatic heterocycles. The first-order chi connectivity index (χ1) is 5.86. The Morgan fingerprint density at radius 3 is 3.08 bits per heavy atom. The van der Waals surface area contributed by atoms with E-state index in [2.05, 4.69) is 10.5 Å². The molecule has 12 heavy (non-hydrogen) atoms. The SMILES string of the molecule is O=C1CSC(c2cccs2)=NN1. The average Bonchev–Trinajstić information content (AvgIpc) is 2.58. The van der Waals surface area contributed by atoms with E-state index < -0.39 is 0 Å². The molecule has 0 bridgehead atoms. The number of carbonyl (C=O) groups is 1. The average molecular weight is 198 g/mol. The van der Waals surface area contributed by atoms with Crippen LogP contribution in [0.1, 0.15) is 4.88 Å².